The molecule has 4 rings (SSSR count). The lowest BCUT2D eigenvalue weighted by Crippen LogP contribution is -2.50. The predicted molar refractivity (Wildman–Crippen MR) is 92.7 cm³/mol. The minimum Gasteiger partial charge on any atom is -0.472 e. The fourth-order valence-corrected chi connectivity index (χ4v) is 4.15. The van der Waals surface area contributed by atoms with Crippen LogP contribution < -0.4 is 0 Å². The molecule has 1 aromatic carbocycles. The molecule has 1 unspecified atom stereocenters. The third-order valence-corrected chi connectivity index (χ3v) is 5.59. The fraction of sp³-hybridized carbons (Fsp3) is 0.400. The summed E-state index contributed by atoms with van der Waals surface area (Å²) in [4.78, 5) is 29.1. The Balaban J connectivity index is 1.48. The van der Waals surface area contributed by atoms with Gasteiger partial charge in [0.25, 0.3) is 5.91 Å². The van der Waals surface area contributed by atoms with Crippen LogP contribution in [0, 0.1) is 17.0 Å². The van der Waals surface area contributed by atoms with Crippen molar-refractivity contribution in [2.75, 3.05) is 19.6 Å². The summed E-state index contributed by atoms with van der Waals surface area (Å²) in [5.41, 5.74) is 0.452. The van der Waals surface area contributed by atoms with E-state index in [4.69, 9.17) is 4.42 Å². The number of likely N-dealkylation sites (tertiary alicyclic amines) is 2. The van der Waals surface area contributed by atoms with Crippen LogP contribution in [-0.4, -0.2) is 41.2 Å². The van der Waals surface area contributed by atoms with Crippen LogP contribution in [0.3, 0.4) is 0 Å². The van der Waals surface area contributed by atoms with Gasteiger partial charge in [-0.3, -0.25) is 9.59 Å². The Morgan fingerprint density at radius 3 is 2.74 bits per heavy atom. The highest BCUT2D eigenvalue weighted by Gasteiger charge is 2.49. The second-order valence-corrected chi connectivity index (χ2v) is 7.35. The maximum atomic E-state index is 13.5. The molecular weight excluding hydrogens is 354 g/mol. The lowest BCUT2D eigenvalue weighted by atomic mass is 9.78. The molecule has 0 saturated carbocycles. The number of hydrogen-bond donors (Lipinski definition) is 0. The number of benzene rings is 1. The summed E-state index contributed by atoms with van der Waals surface area (Å²) in [5.74, 6) is -1.96. The molecule has 2 aliphatic heterocycles. The van der Waals surface area contributed by atoms with Crippen LogP contribution in [0.5, 0.6) is 0 Å². The summed E-state index contributed by atoms with van der Waals surface area (Å²) in [6.45, 7) is 1.72. The summed E-state index contributed by atoms with van der Waals surface area (Å²) in [6.07, 6.45) is 5.03. The van der Waals surface area contributed by atoms with E-state index >= 15 is 0 Å². The maximum Gasteiger partial charge on any atom is 0.257 e. The van der Waals surface area contributed by atoms with E-state index in [1.54, 1.807) is 15.9 Å². The van der Waals surface area contributed by atoms with Crippen LogP contribution in [0.2, 0.25) is 0 Å². The van der Waals surface area contributed by atoms with Gasteiger partial charge in [0.15, 0.2) is 11.6 Å². The van der Waals surface area contributed by atoms with Gasteiger partial charge >= 0.3 is 0 Å². The highest BCUT2D eigenvalue weighted by Crippen LogP contribution is 2.41. The first-order valence-electron chi connectivity index (χ1n) is 9.03. The molecule has 0 bridgehead atoms. The van der Waals surface area contributed by atoms with E-state index in [9.17, 15) is 18.4 Å². The zero-order valence-corrected chi connectivity index (χ0v) is 14.8. The van der Waals surface area contributed by atoms with Crippen LogP contribution in [0.25, 0.3) is 0 Å². The Morgan fingerprint density at radius 2 is 2.00 bits per heavy atom. The van der Waals surface area contributed by atoms with Gasteiger partial charge in [-0.15, -0.1) is 0 Å². The third-order valence-electron chi connectivity index (χ3n) is 5.59. The summed E-state index contributed by atoms with van der Waals surface area (Å²) < 4.78 is 31.6. The highest BCUT2D eigenvalue weighted by atomic mass is 19.2. The van der Waals surface area contributed by atoms with Gasteiger partial charge in [-0.1, -0.05) is 6.07 Å². The van der Waals surface area contributed by atoms with Crippen molar-refractivity contribution < 1.29 is 22.8 Å². The summed E-state index contributed by atoms with van der Waals surface area (Å²) in [5, 5.41) is 0. The quantitative estimate of drug-likeness (QED) is 0.829. The van der Waals surface area contributed by atoms with Crippen molar-refractivity contribution in [3.05, 3.63) is 59.6 Å². The Bertz CT molecular complexity index is 868. The van der Waals surface area contributed by atoms with E-state index in [1.165, 1.54) is 18.6 Å². The van der Waals surface area contributed by atoms with Gasteiger partial charge in [-0.25, -0.2) is 8.78 Å². The lowest BCUT2D eigenvalue weighted by molar-refractivity contribution is -0.146. The molecule has 7 heteroatoms. The lowest BCUT2D eigenvalue weighted by Gasteiger charge is -2.39. The molecule has 2 amide bonds. The van der Waals surface area contributed by atoms with Crippen LogP contribution in [0.1, 0.15) is 35.2 Å². The average Bonchev–Trinajstić information content (AvgIpc) is 3.33. The highest BCUT2D eigenvalue weighted by molar-refractivity contribution is 5.95. The molecule has 1 atom stereocenters. The standard InChI is InChI=1S/C20H20F2N2O3/c21-16-3-2-14(10-17(16)22)11-23-7-1-5-20(19(23)26)6-8-24(13-20)18(25)15-4-9-27-12-15/h2-4,9-10,12H,1,5-8,11,13H2. The van der Waals surface area contributed by atoms with Crippen molar-refractivity contribution >= 4 is 11.8 Å². The number of rotatable bonds is 3. The smallest absolute Gasteiger partial charge is 0.257 e. The van der Waals surface area contributed by atoms with Gasteiger partial charge in [-0.05, 0) is 43.0 Å². The average molecular weight is 374 g/mol. The first kappa shape index (κ1) is 17.7. The number of halogens is 2. The SMILES string of the molecule is O=C(c1ccoc1)N1CCC2(CCCN(Cc3ccc(F)c(F)c3)C2=O)C1. The molecular formula is C20H20F2N2O3. The second-order valence-electron chi connectivity index (χ2n) is 7.35. The monoisotopic (exact) mass is 374 g/mol. The van der Waals surface area contributed by atoms with E-state index < -0.39 is 17.0 Å². The third kappa shape index (κ3) is 3.22. The zero-order valence-electron chi connectivity index (χ0n) is 14.8. The number of piperidine rings is 1. The molecule has 0 radical (unpaired) electrons. The molecule has 2 saturated heterocycles. The topological polar surface area (TPSA) is 53.8 Å². The molecule has 1 spiro atoms. The van der Waals surface area contributed by atoms with Crippen LogP contribution in [-0.2, 0) is 11.3 Å². The number of hydrogen-bond acceptors (Lipinski definition) is 3. The first-order valence-corrected chi connectivity index (χ1v) is 9.03. The molecule has 0 aliphatic carbocycles. The Labute approximate surface area is 155 Å². The minimum absolute atomic E-state index is 0.0130. The minimum atomic E-state index is -0.913. The van der Waals surface area contributed by atoms with E-state index in [0.717, 1.165) is 25.0 Å². The van der Waals surface area contributed by atoms with Gasteiger partial charge in [0.05, 0.1) is 17.2 Å². The Hall–Kier alpha value is -2.70. The number of amides is 2. The molecule has 27 heavy (non-hydrogen) atoms. The van der Waals surface area contributed by atoms with Gasteiger partial charge in [0.2, 0.25) is 5.91 Å². The van der Waals surface area contributed by atoms with Crippen molar-refractivity contribution in [2.45, 2.75) is 25.8 Å². The molecule has 0 N–H and O–H groups in total. The predicted octanol–water partition coefficient (Wildman–Crippen LogP) is 3.21. The van der Waals surface area contributed by atoms with Crippen molar-refractivity contribution in [2.24, 2.45) is 5.41 Å². The van der Waals surface area contributed by atoms with Crippen molar-refractivity contribution in [1.29, 1.82) is 0 Å². The number of furan rings is 1. The molecule has 2 fully saturated rings. The number of carbonyl (C=O) groups excluding carboxylic acids is 2. The molecule has 1 aromatic heterocycles. The van der Waals surface area contributed by atoms with Gasteiger partial charge in [-0.2, -0.15) is 0 Å². The first-order chi connectivity index (χ1) is 13.0. The van der Waals surface area contributed by atoms with E-state index in [1.807, 2.05) is 0 Å². The van der Waals surface area contributed by atoms with Crippen molar-refractivity contribution in [1.82, 2.24) is 9.80 Å². The molecule has 5 nitrogen and oxygen atoms in total. The Kier molecular flexibility index (Phi) is 4.45. The summed E-state index contributed by atoms with van der Waals surface area (Å²) in [6, 6.07) is 5.32. The molecule has 2 aromatic rings. The fourth-order valence-electron chi connectivity index (χ4n) is 4.15. The summed E-state index contributed by atoms with van der Waals surface area (Å²) in [7, 11) is 0. The zero-order chi connectivity index (χ0) is 19.0. The molecule has 142 valence electrons. The number of carbonyl (C=O) groups is 2. The maximum absolute atomic E-state index is 13.5. The van der Waals surface area contributed by atoms with Crippen molar-refractivity contribution in [3.8, 4) is 0 Å². The Morgan fingerprint density at radius 1 is 1.15 bits per heavy atom. The largest absolute Gasteiger partial charge is 0.472 e. The second kappa shape index (κ2) is 6.79. The molecule has 3 heterocycles. The van der Waals surface area contributed by atoms with Gasteiger partial charge in [0, 0.05) is 26.2 Å². The normalized spacial score (nSPS) is 22.7. The molecule has 2 aliphatic rings. The van der Waals surface area contributed by atoms with Crippen LogP contribution >= 0.6 is 0 Å². The summed E-state index contributed by atoms with van der Waals surface area (Å²) >= 11 is 0. The van der Waals surface area contributed by atoms with Crippen LogP contribution in [0.15, 0.2) is 41.2 Å². The number of nitrogens with zero attached hydrogens (tertiary/aromatic N) is 2. The van der Waals surface area contributed by atoms with E-state index in [-0.39, 0.29) is 18.4 Å². The van der Waals surface area contributed by atoms with Gasteiger partial charge < -0.3 is 14.2 Å². The van der Waals surface area contributed by atoms with Gasteiger partial charge in [0.1, 0.15) is 6.26 Å². The van der Waals surface area contributed by atoms with Crippen molar-refractivity contribution in [3.63, 3.8) is 0 Å². The van der Waals surface area contributed by atoms with E-state index in [2.05, 4.69) is 0 Å². The van der Waals surface area contributed by atoms with Crippen LogP contribution in [0.4, 0.5) is 8.78 Å². The van der Waals surface area contributed by atoms with E-state index in [0.29, 0.717) is 37.2 Å².